The summed E-state index contributed by atoms with van der Waals surface area (Å²) in [6.45, 7) is 9.69. The molecule has 1 N–H and O–H groups in total. The van der Waals surface area contributed by atoms with Crippen LogP contribution < -0.4 is 5.32 Å². The molecule has 98 valence electrons. The van der Waals surface area contributed by atoms with Crippen molar-refractivity contribution in [1.82, 2.24) is 15.1 Å². The first kappa shape index (κ1) is 14.6. The Bertz CT molecular complexity index is 311. The molecule has 0 fully saturated rings. The summed E-state index contributed by atoms with van der Waals surface area (Å²) in [5, 5.41) is 8.09. The average Bonchev–Trinajstić information content (AvgIpc) is 2.81. The number of nitrogens with zero attached hydrogens (tertiary/aromatic N) is 2. The molecule has 4 heteroatoms. The van der Waals surface area contributed by atoms with E-state index in [0.29, 0.717) is 12.1 Å². The maximum absolute atomic E-state index is 4.58. The fraction of sp³-hybridized carbons (Fsp3) is 0.769. The van der Waals surface area contributed by atoms with Crippen molar-refractivity contribution in [3.05, 3.63) is 18.0 Å². The minimum absolute atomic E-state index is 0.497. The van der Waals surface area contributed by atoms with Gasteiger partial charge in [-0.3, -0.25) is 4.68 Å². The zero-order chi connectivity index (χ0) is 12.7. The Morgan fingerprint density at radius 3 is 2.82 bits per heavy atom. The summed E-state index contributed by atoms with van der Waals surface area (Å²) in [6.07, 6.45) is 3.20. The number of thioether (sulfide) groups is 1. The predicted octanol–water partition coefficient (Wildman–Crippen LogP) is 3.09. The highest BCUT2D eigenvalue weighted by Crippen LogP contribution is 2.09. The van der Waals surface area contributed by atoms with Gasteiger partial charge in [0.2, 0.25) is 0 Å². The second kappa shape index (κ2) is 7.77. The molecule has 0 radical (unpaired) electrons. The lowest BCUT2D eigenvalue weighted by Crippen LogP contribution is -2.28. The van der Waals surface area contributed by atoms with Crippen molar-refractivity contribution in [2.75, 3.05) is 11.5 Å². The van der Waals surface area contributed by atoms with Crippen molar-refractivity contribution in [2.24, 2.45) is 0 Å². The molecule has 0 spiro atoms. The van der Waals surface area contributed by atoms with Crippen LogP contribution in [-0.2, 0) is 6.54 Å². The molecular weight excluding hydrogens is 230 g/mol. The molecule has 1 heterocycles. The van der Waals surface area contributed by atoms with Gasteiger partial charge in [0.05, 0.1) is 5.69 Å². The minimum Gasteiger partial charge on any atom is -0.308 e. The van der Waals surface area contributed by atoms with Crippen LogP contribution in [0.4, 0.5) is 0 Å². The molecule has 0 saturated carbocycles. The van der Waals surface area contributed by atoms with Gasteiger partial charge in [0, 0.05) is 30.6 Å². The van der Waals surface area contributed by atoms with Crippen molar-refractivity contribution in [1.29, 1.82) is 0 Å². The maximum atomic E-state index is 4.58. The zero-order valence-corrected chi connectivity index (χ0v) is 12.3. The molecule has 0 aliphatic carbocycles. The van der Waals surface area contributed by atoms with Gasteiger partial charge in [0.1, 0.15) is 0 Å². The third-order valence-corrected chi connectivity index (χ3v) is 4.05. The summed E-state index contributed by atoms with van der Waals surface area (Å²) >= 11 is 1.98. The highest BCUT2D eigenvalue weighted by atomic mass is 32.2. The highest BCUT2D eigenvalue weighted by Gasteiger charge is 2.06. The van der Waals surface area contributed by atoms with E-state index in [1.165, 1.54) is 11.5 Å². The fourth-order valence-electron chi connectivity index (χ4n) is 1.54. The molecule has 1 rings (SSSR count). The molecule has 0 bridgehead atoms. The van der Waals surface area contributed by atoms with Gasteiger partial charge < -0.3 is 5.32 Å². The van der Waals surface area contributed by atoms with E-state index in [4.69, 9.17) is 0 Å². The minimum atomic E-state index is 0.497. The number of hydrogen-bond acceptors (Lipinski definition) is 3. The van der Waals surface area contributed by atoms with Gasteiger partial charge in [-0.25, -0.2) is 0 Å². The molecule has 17 heavy (non-hydrogen) atoms. The Kier molecular flexibility index (Phi) is 6.66. The van der Waals surface area contributed by atoms with E-state index in [9.17, 15) is 0 Å². The smallest absolute Gasteiger partial charge is 0.0762 e. The lowest BCUT2D eigenvalue weighted by molar-refractivity contribution is 0.469. The summed E-state index contributed by atoms with van der Waals surface area (Å²) in [6, 6.07) is 3.16. The van der Waals surface area contributed by atoms with Crippen molar-refractivity contribution < 1.29 is 0 Å². The monoisotopic (exact) mass is 255 g/mol. The van der Waals surface area contributed by atoms with Crippen LogP contribution >= 0.6 is 11.8 Å². The quantitative estimate of drug-likeness (QED) is 0.774. The molecule has 0 saturated heterocycles. The maximum Gasteiger partial charge on any atom is 0.0762 e. The first-order valence-corrected chi connectivity index (χ1v) is 7.68. The molecule has 2 unspecified atom stereocenters. The number of aromatic nitrogens is 2. The number of nitrogens with one attached hydrogen (secondary N) is 1. The fourth-order valence-corrected chi connectivity index (χ4v) is 2.24. The van der Waals surface area contributed by atoms with E-state index in [-0.39, 0.29) is 0 Å². The van der Waals surface area contributed by atoms with Crippen LogP contribution in [0.3, 0.4) is 0 Å². The van der Waals surface area contributed by atoms with Gasteiger partial charge >= 0.3 is 0 Å². The normalized spacial score (nSPS) is 14.8. The van der Waals surface area contributed by atoms with Gasteiger partial charge in [0.25, 0.3) is 0 Å². The van der Waals surface area contributed by atoms with Crippen LogP contribution in [0.1, 0.15) is 45.9 Å². The first-order valence-electron chi connectivity index (χ1n) is 6.52. The van der Waals surface area contributed by atoms with E-state index in [1.807, 2.05) is 11.8 Å². The van der Waals surface area contributed by atoms with Crippen LogP contribution in [0.25, 0.3) is 0 Å². The molecule has 2 atom stereocenters. The zero-order valence-electron chi connectivity index (χ0n) is 11.4. The van der Waals surface area contributed by atoms with E-state index >= 15 is 0 Å². The van der Waals surface area contributed by atoms with E-state index < -0.39 is 0 Å². The van der Waals surface area contributed by atoms with E-state index in [0.717, 1.165) is 18.7 Å². The number of hydrogen-bond donors (Lipinski definition) is 1. The van der Waals surface area contributed by atoms with Gasteiger partial charge in [-0.05, 0) is 32.1 Å². The van der Waals surface area contributed by atoms with Crippen molar-refractivity contribution >= 4 is 11.8 Å². The van der Waals surface area contributed by atoms with Gasteiger partial charge in [-0.1, -0.05) is 13.8 Å². The van der Waals surface area contributed by atoms with Crippen LogP contribution in [0, 0.1) is 0 Å². The molecular formula is C13H25N3S. The Morgan fingerprint density at radius 2 is 2.18 bits per heavy atom. The second-order valence-electron chi connectivity index (χ2n) is 4.49. The first-order chi connectivity index (χ1) is 8.17. The molecule has 0 aromatic carbocycles. The third-order valence-electron chi connectivity index (χ3n) is 2.91. The van der Waals surface area contributed by atoms with Crippen molar-refractivity contribution in [3.8, 4) is 0 Å². The third kappa shape index (κ3) is 5.13. The molecule has 0 aliphatic rings. The van der Waals surface area contributed by atoms with Crippen molar-refractivity contribution in [2.45, 2.75) is 52.7 Å². The van der Waals surface area contributed by atoms with E-state index in [2.05, 4.69) is 55.1 Å². The topological polar surface area (TPSA) is 29.9 Å². The largest absolute Gasteiger partial charge is 0.308 e. The Labute approximate surface area is 109 Å². The number of rotatable bonds is 8. The van der Waals surface area contributed by atoms with Crippen LogP contribution in [-0.4, -0.2) is 27.3 Å². The molecule has 0 amide bonds. The highest BCUT2D eigenvalue weighted by molar-refractivity contribution is 7.99. The lowest BCUT2D eigenvalue weighted by Gasteiger charge is -2.12. The Hall–Kier alpha value is -0.480. The van der Waals surface area contributed by atoms with Crippen LogP contribution in [0.2, 0.25) is 0 Å². The Morgan fingerprint density at radius 1 is 1.41 bits per heavy atom. The van der Waals surface area contributed by atoms with E-state index in [1.54, 1.807) is 0 Å². The summed E-state index contributed by atoms with van der Waals surface area (Å²) in [4.78, 5) is 0. The SMILES string of the molecule is CCSCC(C)NCc1ccn(C(C)CC)n1. The molecule has 1 aromatic rings. The molecule has 1 aromatic heterocycles. The summed E-state index contributed by atoms with van der Waals surface area (Å²) in [7, 11) is 0. The lowest BCUT2D eigenvalue weighted by atomic mass is 10.3. The predicted molar refractivity (Wildman–Crippen MR) is 76.5 cm³/mol. The summed E-state index contributed by atoms with van der Waals surface area (Å²) in [5.41, 5.74) is 1.14. The van der Waals surface area contributed by atoms with Crippen LogP contribution in [0.5, 0.6) is 0 Å². The average molecular weight is 255 g/mol. The van der Waals surface area contributed by atoms with Crippen LogP contribution in [0.15, 0.2) is 12.3 Å². The standard InChI is InChI=1S/C13H25N3S/c1-5-12(4)16-8-7-13(15-16)9-14-11(3)10-17-6-2/h7-8,11-12,14H,5-6,9-10H2,1-4H3. The van der Waals surface area contributed by atoms with Gasteiger partial charge in [-0.2, -0.15) is 16.9 Å². The molecule has 0 aliphatic heterocycles. The Balaban J connectivity index is 2.34. The summed E-state index contributed by atoms with van der Waals surface area (Å²) < 4.78 is 2.06. The van der Waals surface area contributed by atoms with Gasteiger partial charge in [-0.15, -0.1) is 0 Å². The second-order valence-corrected chi connectivity index (χ2v) is 5.80. The van der Waals surface area contributed by atoms with Gasteiger partial charge in [0.15, 0.2) is 0 Å². The van der Waals surface area contributed by atoms with Crippen molar-refractivity contribution in [3.63, 3.8) is 0 Å². The summed E-state index contributed by atoms with van der Waals surface area (Å²) in [5.74, 6) is 2.36. The molecule has 3 nitrogen and oxygen atoms in total.